The Kier molecular flexibility index (Phi) is 6.69. The molecule has 0 N–H and O–H groups in total. The summed E-state index contributed by atoms with van der Waals surface area (Å²) >= 11 is 0. The number of pyridine rings is 2. The molecule has 0 aromatic carbocycles. The molecule has 30 heavy (non-hydrogen) atoms. The molecular weight excluding hydrogens is 380 g/mol. The second-order valence-corrected chi connectivity index (χ2v) is 8.01. The van der Waals surface area contributed by atoms with E-state index < -0.39 is 0 Å². The quantitative estimate of drug-likeness (QED) is 0.760. The second kappa shape index (κ2) is 9.80. The van der Waals surface area contributed by atoms with Crippen molar-refractivity contribution in [1.82, 2.24) is 19.8 Å². The molecule has 2 aromatic heterocycles. The molecule has 2 amide bonds. The maximum Gasteiger partial charge on any atom is 0.254 e. The Hall–Kier alpha value is -2.80. The number of carbonyl (C=O) groups is 2. The van der Waals surface area contributed by atoms with Gasteiger partial charge in [0, 0.05) is 43.3 Å². The summed E-state index contributed by atoms with van der Waals surface area (Å²) in [6, 6.07) is 9.31. The lowest BCUT2D eigenvalue weighted by atomic mass is 9.94. The highest BCUT2D eigenvalue weighted by atomic mass is 16.5. The van der Waals surface area contributed by atoms with Crippen LogP contribution in [-0.2, 0) is 16.1 Å². The molecule has 2 fully saturated rings. The average Bonchev–Trinajstić information content (AvgIpc) is 2.98. The zero-order valence-electron chi connectivity index (χ0n) is 17.2. The van der Waals surface area contributed by atoms with Gasteiger partial charge in [0.15, 0.2) is 0 Å². The van der Waals surface area contributed by atoms with E-state index in [4.69, 9.17) is 4.74 Å². The minimum Gasteiger partial charge on any atom is -0.368 e. The third-order valence-electron chi connectivity index (χ3n) is 5.89. The van der Waals surface area contributed by atoms with Crippen molar-refractivity contribution in [3.05, 3.63) is 60.2 Å². The van der Waals surface area contributed by atoms with Gasteiger partial charge in [-0.2, -0.15) is 0 Å². The van der Waals surface area contributed by atoms with Crippen molar-refractivity contribution in [3.63, 3.8) is 0 Å². The first-order chi connectivity index (χ1) is 14.7. The van der Waals surface area contributed by atoms with Gasteiger partial charge in [0.05, 0.1) is 18.4 Å². The Bertz CT molecular complexity index is 840. The first-order valence-corrected chi connectivity index (χ1v) is 10.7. The number of rotatable bonds is 5. The standard InChI is InChI=1S/C23H28N4O3/c28-22-16-26(23(29)18-9-12-24-13-10-18)14-21(30-17-19-6-4-5-11-25-19)15-27(22)20-7-2-1-3-8-20/h4-6,9-13,20-21H,1-3,7-8,14-17H2. The van der Waals surface area contributed by atoms with E-state index in [0.29, 0.717) is 25.3 Å². The summed E-state index contributed by atoms with van der Waals surface area (Å²) in [5.41, 5.74) is 1.37. The Labute approximate surface area is 177 Å². The third kappa shape index (κ3) is 5.02. The fourth-order valence-electron chi connectivity index (χ4n) is 4.31. The molecule has 0 spiro atoms. The minimum absolute atomic E-state index is 0.00763. The zero-order valence-corrected chi connectivity index (χ0v) is 17.2. The molecule has 158 valence electrons. The van der Waals surface area contributed by atoms with Crippen molar-refractivity contribution in [3.8, 4) is 0 Å². The van der Waals surface area contributed by atoms with Gasteiger partial charge in [-0.1, -0.05) is 25.3 Å². The molecule has 1 aliphatic carbocycles. The van der Waals surface area contributed by atoms with Gasteiger partial charge in [-0.3, -0.25) is 19.6 Å². The highest BCUT2D eigenvalue weighted by molar-refractivity contribution is 5.96. The van der Waals surface area contributed by atoms with Crippen LogP contribution in [0.1, 0.15) is 48.2 Å². The van der Waals surface area contributed by atoms with Gasteiger partial charge in [-0.25, -0.2) is 0 Å². The Balaban J connectivity index is 1.52. The normalized spacial score (nSPS) is 20.8. The molecule has 2 aromatic rings. The lowest BCUT2D eigenvalue weighted by Crippen LogP contribution is -2.46. The van der Waals surface area contributed by atoms with E-state index in [-0.39, 0.29) is 30.5 Å². The molecule has 1 aliphatic heterocycles. The van der Waals surface area contributed by atoms with Gasteiger partial charge < -0.3 is 14.5 Å². The van der Waals surface area contributed by atoms with Crippen molar-refractivity contribution in [1.29, 1.82) is 0 Å². The average molecular weight is 409 g/mol. The summed E-state index contributed by atoms with van der Waals surface area (Å²) in [5, 5.41) is 0. The zero-order chi connectivity index (χ0) is 20.8. The first-order valence-electron chi connectivity index (χ1n) is 10.7. The van der Waals surface area contributed by atoms with Crippen LogP contribution in [0.25, 0.3) is 0 Å². The number of hydrogen-bond donors (Lipinski definition) is 0. The molecule has 4 rings (SSSR count). The topological polar surface area (TPSA) is 75.6 Å². The van der Waals surface area contributed by atoms with E-state index in [0.717, 1.165) is 31.4 Å². The van der Waals surface area contributed by atoms with Crippen molar-refractivity contribution >= 4 is 11.8 Å². The fraction of sp³-hybridized carbons (Fsp3) is 0.478. The Morgan fingerprint density at radius 1 is 1.03 bits per heavy atom. The summed E-state index contributed by atoms with van der Waals surface area (Å²) in [7, 11) is 0. The highest BCUT2D eigenvalue weighted by Crippen LogP contribution is 2.25. The molecule has 1 unspecified atom stereocenters. The van der Waals surface area contributed by atoms with Crippen molar-refractivity contribution < 1.29 is 14.3 Å². The van der Waals surface area contributed by atoms with Crippen molar-refractivity contribution in [2.24, 2.45) is 0 Å². The molecule has 0 bridgehead atoms. The molecule has 2 aliphatic rings. The van der Waals surface area contributed by atoms with Crippen LogP contribution in [-0.4, -0.2) is 63.4 Å². The summed E-state index contributed by atoms with van der Waals surface area (Å²) in [4.78, 5) is 38.1. The minimum atomic E-state index is -0.258. The van der Waals surface area contributed by atoms with Gasteiger partial charge in [-0.15, -0.1) is 0 Å². The second-order valence-electron chi connectivity index (χ2n) is 8.01. The number of ether oxygens (including phenoxy) is 1. The van der Waals surface area contributed by atoms with Crippen molar-refractivity contribution in [2.45, 2.75) is 50.9 Å². The summed E-state index contributed by atoms with van der Waals surface area (Å²) in [5.74, 6) is -0.157. The van der Waals surface area contributed by atoms with Crippen LogP contribution < -0.4 is 0 Å². The molecule has 3 heterocycles. The number of aromatic nitrogens is 2. The van der Waals surface area contributed by atoms with Gasteiger partial charge in [0.1, 0.15) is 6.54 Å². The fourth-order valence-corrected chi connectivity index (χ4v) is 4.31. The lowest BCUT2D eigenvalue weighted by molar-refractivity contribution is -0.134. The van der Waals surface area contributed by atoms with Crippen LogP contribution in [0.5, 0.6) is 0 Å². The van der Waals surface area contributed by atoms with Gasteiger partial charge >= 0.3 is 0 Å². The van der Waals surface area contributed by atoms with Crippen LogP contribution >= 0.6 is 0 Å². The summed E-state index contributed by atoms with van der Waals surface area (Å²) in [6.45, 7) is 1.33. The maximum absolute atomic E-state index is 13.1. The first kappa shape index (κ1) is 20.5. The van der Waals surface area contributed by atoms with Crippen molar-refractivity contribution in [2.75, 3.05) is 19.6 Å². The van der Waals surface area contributed by atoms with E-state index in [1.54, 1.807) is 35.6 Å². The summed E-state index contributed by atoms with van der Waals surface area (Å²) < 4.78 is 6.17. The molecule has 1 atom stereocenters. The van der Waals surface area contributed by atoms with E-state index in [2.05, 4.69) is 9.97 Å². The van der Waals surface area contributed by atoms with E-state index >= 15 is 0 Å². The van der Waals surface area contributed by atoms with Crippen LogP contribution in [0.3, 0.4) is 0 Å². The van der Waals surface area contributed by atoms with Gasteiger partial charge in [0.25, 0.3) is 5.91 Å². The molecule has 1 saturated heterocycles. The molecule has 0 radical (unpaired) electrons. The SMILES string of the molecule is O=C(c1ccncc1)N1CC(=O)N(C2CCCCC2)CC(OCc2ccccn2)C1. The third-order valence-corrected chi connectivity index (χ3v) is 5.89. The molecule has 7 heteroatoms. The highest BCUT2D eigenvalue weighted by Gasteiger charge is 2.35. The van der Waals surface area contributed by atoms with Crippen LogP contribution in [0.15, 0.2) is 48.9 Å². The largest absolute Gasteiger partial charge is 0.368 e. The summed E-state index contributed by atoms with van der Waals surface area (Å²) in [6.07, 6.45) is 10.2. The number of carbonyl (C=O) groups excluding carboxylic acids is 2. The molecule has 1 saturated carbocycles. The van der Waals surface area contributed by atoms with Gasteiger partial charge in [0.2, 0.25) is 5.91 Å². The van der Waals surface area contributed by atoms with E-state index in [1.807, 2.05) is 23.1 Å². The number of hydrogen-bond acceptors (Lipinski definition) is 5. The number of nitrogens with zero attached hydrogens (tertiary/aromatic N) is 4. The molecule has 7 nitrogen and oxygen atoms in total. The lowest BCUT2D eigenvalue weighted by Gasteiger charge is -2.34. The van der Waals surface area contributed by atoms with Crippen LogP contribution in [0, 0.1) is 0 Å². The maximum atomic E-state index is 13.1. The van der Waals surface area contributed by atoms with E-state index in [1.165, 1.54) is 6.42 Å². The predicted octanol–water partition coefficient (Wildman–Crippen LogP) is 2.68. The smallest absolute Gasteiger partial charge is 0.254 e. The van der Waals surface area contributed by atoms with Crippen LogP contribution in [0.2, 0.25) is 0 Å². The van der Waals surface area contributed by atoms with Gasteiger partial charge in [-0.05, 0) is 37.1 Å². The Morgan fingerprint density at radius 2 is 1.83 bits per heavy atom. The number of amides is 2. The van der Waals surface area contributed by atoms with Crippen LogP contribution in [0.4, 0.5) is 0 Å². The van der Waals surface area contributed by atoms with E-state index in [9.17, 15) is 9.59 Å². The predicted molar refractivity (Wildman–Crippen MR) is 112 cm³/mol. The Morgan fingerprint density at radius 3 is 2.57 bits per heavy atom. The monoisotopic (exact) mass is 408 g/mol. The molecular formula is C23H28N4O3.